The van der Waals surface area contributed by atoms with Gasteiger partial charge in [0.25, 0.3) is 0 Å². The van der Waals surface area contributed by atoms with Crippen LogP contribution in [0.3, 0.4) is 0 Å². The average Bonchev–Trinajstić information content (AvgIpc) is 2.59. The van der Waals surface area contributed by atoms with Crippen molar-refractivity contribution in [2.75, 3.05) is 14.2 Å². The fraction of sp³-hybridized carbons (Fsp3) is 0.176. The van der Waals surface area contributed by atoms with Gasteiger partial charge in [-0.25, -0.2) is 9.59 Å². The Kier molecular flexibility index (Phi) is 4.92. The third-order valence-electron chi connectivity index (χ3n) is 3.30. The molecule has 0 radical (unpaired) electrons. The number of halogens is 3. The lowest BCUT2D eigenvalue weighted by molar-refractivity contribution is -0.137. The molecule has 0 amide bonds. The predicted octanol–water partition coefficient (Wildman–Crippen LogP) is 3.95. The van der Waals surface area contributed by atoms with E-state index in [9.17, 15) is 22.8 Å². The second-order valence-electron chi connectivity index (χ2n) is 4.86. The van der Waals surface area contributed by atoms with Gasteiger partial charge in [0.05, 0.1) is 30.9 Å². The molecule has 0 saturated carbocycles. The molecule has 4 nitrogen and oxygen atoms in total. The minimum atomic E-state index is -4.63. The molecular formula is C17H13F3O4. The number of alkyl halides is 3. The van der Waals surface area contributed by atoms with Crippen LogP contribution >= 0.6 is 0 Å². The molecular weight excluding hydrogens is 325 g/mol. The third kappa shape index (κ3) is 3.73. The predicted molar refractivity (Wildman–Crippen MR) is 79.6 cm³/mol. The Balaban J connectivity index is 2.61. The summed E-state index contributed by atoms with van der Waals surface area (Å²) in [7, 11) is 2.29. The van der Waals surface area contributed by atoms with Crippen LogP contribution in [-0.2, 0) is 15.7 Å². The Morgan fingerprint density at radius 3 is 2.00 bits per heavy atom. The summed E-state index contributed by atoms with van der Waals surface area (Å²) in [5.74, 6) is -1.50. The van der Waals surface area contributed by atoms with Crippen LogP contribution < -0.4 is 0 Å². The maximum absolute atomic E-state index is 13.1. The van der Waals surface area contributed by atoms with E-state index in [2.05, 4.69) is 9.47 Å². The SMILES string of the molecule is COC(=O)c1cccc(-c2cc(C(=O)OC)cc(C(F)(F)F)c2)c1. The van der Waals surface area contributed by atoms with Crippen LogP contribution in [0.15, 0.2) is 42.5 Å². The molecule has 0 saturated heterocycles. The number of esters is 2. The molecule has 126 valence electrons. The maximum Gasteiger partial charge on any atom is 0.416 e. The largest absolute Gasteiger partial charge is 0.465 e. The van der Waals surface area contributed by atoms with E-state index in [4.69, 9.17) is 0 Å². The molecule has 0 aromatic heterocycles. The number of benzene rings is 2. The summed E-state index contributed by atoms with van der Waals surface area (Å²) in [6, 6.07) is 8.81. The summed E-state index contributed by atoms with van der Waals surface area (Å²) in [6.45, 7) is 0. The van der Waals surface area contributed by atoms with Gasteiger partial charge in [0.15, 0.2) is 0 Å². The van der Waals surface area contributed by atoms with E-state index in [0.29, 0.717) is 5.56 Å². The highest BCUT2D eigenvalue weighted by molar-refractivity contribution is 5.93. The molecule has 0 bridgehead atoms. The second-order valence-corrected chi connectivity index (χ2v) is 4.86. The fourth-order valence-corrected chi connectivity index (χ4v) is 2.14. The minimum Gasteiger partial charge on any atom is -0.465 e. The van der Waals surface area contributed by atoms with Crippen LogP contribution in [0.1, 0.15) is 26.3 Å². The molecule has 2 rings (SSSR count). The fourth-order valence-electron chi connectivity index (χ4n) is 2.14. The zero-order chi connectivity index (χ0) is 17.9. The lowest BCUT2D eigenvalue weighted by atomic mass is 9.98. The number of carbonyl (C=O) groups excluding carboxylic acids is 2. The molecule has 0 heterocycles. The van der Waals surface area contributed by atoms with E-state index in [1.54, 1.807) is 0 Å². The first-order valence-corrected chi connectivity index (χ1v) is 6.75. The van der Waals surface area contributed by atoms with Gasteiger partial charge in [-0.1, -0.05) is 12.1 Å². The number of hydrogen-bond acceptors (Lipinski definition) is 4. The number of hydrogen-bond donors (Lipinski definition) is 0. The normalized spacial score (nSPS) is 11.0. The van der Waals surface area contributed by atoms with Crippen molar-refractivity contribution in [1.29, 1.82) is 0 Å². The number of methoxy groups -OCH3 is 2. The van der Waals surface area contributed by atoms with Gasteiger partial charge in [-0.15, -0.1) is 0 Å². The van der Waals surface area contributed by atoms with Gasteiger partial charge in [-0.05, 0) is 41.5 Å². The molecule has 7 heteroatoms. The van der Waals surface area contributed by atoms with Crippen molar-refractivity contribution < 1.29 is 32.2 Å². The van der Waals surface area contributed by atoms with Crippen LogP contribution in [0, 0.1) is 0 Å². The van der Waals surface area contributed by atoms with Gasteiger partial charge in [-0.2, -0.15) is 13.2 Å². The van der Waals surface area contributed by atoms with E-state index in [0.717, 1.165) is 19.2 Å². The summed E-state index contributed by atoms with van der Waals surface area (Å²) in [5.41, 5.74) is -0.549. The van der Waals surface area contributed by atoms with Gasteiger partial charge in [0, 0.05) is 0 Å². The Morgan fingerprint density at radius 1 is 0.833 bits per heavy atom. The Morgan fingerprint density at radius 2 is 1.42 bits per heavy atom. The molecule has 24 heavy (non-hydrogen) atoms. The van der Waals surface area contributed by atoms with Gasteiger partial charge in [0.1, 0.15) is 0 Å². The first kappa shape index (κ1) is 17.5. The van der Waals surface area contributed by atoms with Crippen molar-refractivity contribution in [1.82, 2.24) is 0 Å². The van der Waals surface area contributed by atoms with Crippen molar-refractivity contribution in [3.63, 3.8) is 0 Å². The topological polar surface area (TPSA) is 52.6 Å². The molecule has 0 atom stereocenters. The van der Waals surface area contributed by atoms with Gasteiger partial charge in [0.2, 0.25) is 0 Å². The second kappa shape index (κ2) is 6.74. The van der Waals surface area contributed by atoms with Crippen LogP contribution in [0.2, 0.25) is 0 Å². The molecule has 0 fully saturated rings. The van der Waals surface area contributed by atoms with Crippen molar-refractivity contribution in [2.45, 2.75) is 6.18 Å². The van der Waals surface area contributed by atoms with Crippen molar-refractivity contribution in [3.05, 3.63) is 59.2 Å². The molecule has 0 N–H and O–H groups in total. The standard InChI is InChI=1S/C17H13F3O4/c1-23-15(21)11-5-3-4-10(6-11)12-7-13(16(22)24-2)9-14(8-12)17(18,19)20/h3-9H,1-2H3. The van der Waals surface area contributed by atoms with Gasteiger partial charge < -0.3 is 9.47 Å². The lowest BCUT2D eigenvalue weighted by Gasteiger charge is -2.12. The van der Waals surface area contributed by atoms with Crippen molar-refractivity contribution in [2.24, 2.45) is 0 Å². The van der Waals surface area contributed by atoms with Gasteiger partial charge in [-0.3, -0.25) is 0 Å². The Hall–Kier alpha value is -2.83. The van der Waals surface area contributed by atoms with Crippen LogP contribution in [0.5, 0.6) is 0 Å². The minimum absolute atomic E-state index is 0.135. The number of ether oxygens (including phenoxy) is 2. The van der Waals surface area contributed by atoms with Crippen molar-refractivity contribution in [3.8, 4) is 11.1 Å². The molecule has 2 aromatic rings. The molecule has 0 unspecified atom stereocenters. The van der Waals surface area contributed by atoms with Crippen LogP contribution in [0.4, 0.5) is 13.2 Å². The zero-order valence-corrected chi connectivity index (χ0v) is 12.8. The first-order valence-electron chi connectivity index (χ1n) is 6.75. The van der Waals surface area contributed by atoms with E-state index < -0.39 is 23.7 Å². The molecule has 0 aliphatic rings. The highest BCUT2D eigenvalue weighted by atomic mass is 19.4. The van der Waals surface area contributed by atoms with E-state index in [-0.39, 0.29) is 16.7 Å². The first-order chi connectivity index (χ1) is 11.3. The number of rotatable bonds is 3. The molecule has 0 spiro atoms. The monoisotopic (exact) mass is 338 g/mol. The summed E-state index contributed by atoms with van der Waals surface area (Å²) >= 11 is 0. The Labute approximate surface area is 135 Å². The molecule has 0 aliphatic heterocycles. The molecule has 0 aliphatic carbocycles. The van der Waals surface area contributed by atoms with Gasteiger partial charge >= 0.3 is 18.1 Å². The highest BCUT2D eigenvalue weighted by Crippen LogP contribution is 2.34. The van der Waals surface area contributed by atoms with Crippen LogP contribution in [0.25, 0.3) is 11.1 Å². The summed E-state index contributed by atoms with van der Waals surface area (Å²) in [4.78, 5) is 23.2. The van der Waals surface area contributed by atoms with E-state index >= 15 is 0 Å². The maximum atomic E-state index is 13.1. The summed E-state index contributed by atoms with van der Waals surface area (Å²) in [6.07, 6.45) is -4.63. The Bertz CT molecular complexity index is 782. The summed E-state index contributed by atoms with van der Waals surface area (Å²) in [5, 5.41) is 0. The van der Waals surface area contributed by atoms with E-state index in [1.807, 2.05) is 0 Å². The van der Waals surface area contributed by atoms with Crippen LogP contribution in [-0.4, -0.2) is 26.2 Å². The lowest BCUT2D eigenvalue weighted by Crippen LogP contribution is -2.09. The summed E-state index contributed by atoms with van der Waals surface area (Å²) < 4.78 is 48.3. The molecule has 2 aromatic carbocycles. The zero-order valence-electron chi connectivity index (χ0n) is 12.8. The van der Waals surface area contributed by atoms with Crippen molar-refractivity contribution >= 4 is 11.9 Å². The van der Waals surface area contributed by atoms with E-state index in [1.165, 1.54) is 37.4 Å². The third-order valence-corrected chi connectivity index (χ3v) is 3.30. The highest BCUT2D eigenvalue weighted by Gasteiger charge is 2.32. The quantitative estimate of drug-likeness (QED) is 0.796. The number of carbonyl (C=O) groups is 2. The smallest absolute Gasteiger partial charge is 0.416 e. The average molecular weight is 338 g/mol.